The van der Waals surface area contributed by atoms with E-state index in [1.165, 1.54) is 41.2 Å². The van der Waals surface area contributed by atoms with Crippen LogP contribution in [0.5, 0.6) is 0 Å². The number of anilines is 2. The number of para-hydroxylation sites is 2. The average Bonchev–Trinajstić information content (AvgIpc) is 3.79. The number of benzene rings is 2. The van der Waals surface area contributed by atoms with E-state index in [1.54, 1.807) is 50.2 Å². The first-order chi connectivity index (χ1) is 30.9. The number of aliphatic hydroxyl groups excluding tert-OH is 3. The Kier molecular flexibility index (Phi) is 17.0. The molecule has 2 aliphatic rings. The highest BCUT2D eigenvalue weighted by molar-refractivity contribution is 7.66. The molecule has 9 N–H and O–H groups in total. The Morgan fingerprint density at radius 3 is 1.55 bits per heavy atom. The van der Waals surface area contributed by atoms with Gasteiger partial charge < -0.3 is 55.0 Å². The maximum Gasteiger partial charge on any atom is 0.490 e. The normalized spacial score (nSPS) is 23.3. The fourth-order valence-electron chi connectivity index (χ4n) is 6.62. The van der Waals surface area contributed by atoms with Crippen LogP contribution in [-0.2, 0) is 36.3 Å². The lowest BCUT2D eigenvalue weighted by molar-refractivity contribution is -0.385. The summed E-state index contributed by atoms with van der Waals surface area (Å²) in [6.45, 7) is 2.12. The van der Waals surface area contributed by atoms with Crippen LogP contribution in [0.25, 0.3) is 0 Å². The van der Waals surface area contributed by atoms with Gasteiger partial charge in [0.15, 0.2) is 0 Å². The van der Waals surface area contributed by atoms with Gasteiger partial charge in [-0.15, -0.1) is 0 Å². The molecular formula is C34H43N8O21P3. The highest BCUT2D eigenvalue weighted by atomic mass is 31.3. The van der Waals surface area contributed by atoms with Crippen LogP contribution in [0, 0.1) is 20.2 Å². The molecule has 66 heavy (non-hydrogen) atoms. The molecule has 0 spiro atoms. The third-order valence-electron chi connectivity index (χ3n) is 9.62. The number of phosphoric acid groups is 3. The van der Waals surface area contributed by atoms with E-state index in [0.717, 1.165) is 4.57 Å². The number of hydrogen-bond acceptors (Lipinski definition) is 21. The van der Waals surface area contributed by atoms with E-state index in [9.17, 15) is 63.5 Å². The molecule has 0 saturated carbocycles. The molecule has 2 saturated heterocycles. The maximum absolute atomic E-state index is 12.6. The summed E-state index contributed by atoms with van der Waals surface area (Å²) >= 11 is 0. The Hall–Kier alpha value is -5.19. The monoisotopic (exact) mass is 992 g/mol. The fraction of sp³-hybridized carbons (Fsp3) is 0.412. The minimum absolute atomic E-state index is 0.0192. The van der Waals surface area contributed by atoms with Crippen molar-refractivity contribution in [2.75, 3.05) is 23.8 Å². The van der Waals surface area contributed by atoms with Gasteiger partial charge in [-0.3, -0.25) is 33.9 Å². The van der Waals surface area contributed by atoms with Crippen molar-refractivity contribution in [2.45, 2.75) is 75.6 Å². The zero-order valence-electron chi connectivity index (χ0n) is 34.2. The van der Waals surface area contributed by atoms with E-state index >= 15 is 0 Å². The molecule has 6 rings (SSSR count). The number of phosphoric ester groups is 1. The van der Waals surface area contributed by atoms with Gasteiger partial charge in [-0.25, -0.2) is 23.3 Å². The van der Waals surface area contributed by atoms with Crippen LogP contribution in [0.4, 0.5) is 23.0 Å². The van der Waals surface area contributed by atoms with Gasteiger partial charge in [0.25, 0.3) is 11.4 Å². The van der Waals surface area contributed by atoms with E-state index in [0.29, 0.717) is 11.1 Å². The maximum atomic E-state index is 12.6. The lowest BCUT2D eigenvalue weighted by Crippen LogP contribution is -2.28. The Labute approximate surface area is 371 Å². The van der Waals surface area contributed by atoms with Gasteiger partial charge in [0.05, 0.1) is 58.5 Å². The molecule has 32 heteroatoms. The van der Waals surface area contributed by atoms with Crippen LogP contribution in [0.2, 0.25) is 0 Å². The van der Waals surface area contributed by atoms with Crippen LogP contribution in [-0.4, -0.2) is 101 Å². The van der Waals surface area contributed by atoms with E-state index in [2.05, 4.69) is 33.7 Å². The molecule has 4 heterocycles. The number of aliphatic hydroxyl groups is 3. The van der Waals surface area contributed by atoms with Crippen molar-refractivity contribution in [1.29, 1.82) is 0 Å². The second kappa shape index (κ2) is 21.6. The third kappa shape index (κ3) is 13.9. The molecule has 0 amide bonds. The Morgan fingerprint density at radius 1 is 0.727 bits per heavy atom. The lowest BCUT2D eigenvalue weighted by atomic mass is 10.1. The van der Waals surface area contributed by atoms with Crippen LogP contribution in [0.1, 0.15) is 62.4 Å². The molecule has 4 aromatic rings. The number of ether oxygens (including phenoxy) is 2. The van der Waals surface area contributed by atoms with Crippen LogP contribution in [0.15, 0.2) is 82.6 Å². The van der Waals surface area contributed by atoms with Gasteiger partial charge >= 0.3 is 34.8 Å². The SMILES string of the molecule is CC(Nc1ccn([C@H]2C[C@@H](O)[C@@H](CO)O2)c(=O)n1)c1ccccc1[N+](=O)[O-].CC(Nc1ccn([C@H]2C[C@@H](O)[C@@H](COP(=O)(O)OP(=O)(O)OP(=O)(O)O)O2)c(=O)n1)c1ccccc1[N+](=O)[O-]. The molecule has 4 unspecified atom stereocenters. The topological polar surface area (TPSA) is 419 Å². The molecule has 0 radical (unpaired) electrons. The van der Waals surface area contributed by atoms with E-state index in [1.807, 2.05) is 0 Å². The van der Waals surface area contributed by atoms with Crippen molar-refractivity contribution in [3.8, 4) is 0 Å². The first kappa shape index (κ1) is 51.8. The second-order valence-electron chi connectivity index (χ2n) is 14.3. The van der Waals surface area contributed by atoms with Crippen molar-refractivity contribution in [3.05, 3.63) is 125 Å². The van der Waals surface area contributed by atoms with Crippen molar-refractivity contribution >= 4 is 46.5 Å². The predicted molar refractivity (Wildman–Crippen MR) is 223 cm³/mol. The number of nitrogens with one attached hydrogen (secondary N) is 2. The summed E-state index contributed by atoms with van der Waals surface area (Å²) in [6, 6.07) is 14.2. The molecule has 0 bridgehead atoms. The minimum atomic E-state index is -5.72. The molecule has 29 nitrogen and oxygen atoms in total. The first-order valence-electron chi connectivity index (χ1n) is 19.1. The summed E-state index contributed by atoms with van der Waals surface area (Å²) in [5, 5.41) is 57.4. The largest absolute Gasteiger partial charge is 0.490 e. The van der Waals surface area contributed by atoms with E-state index in [-0.39, 0.29) is 42.5 Å². The van der Waals surface area contributed by atoms with Crippen molar-refractivity contribution < 1.29 is 81.1 Å². The number of hydrogen-bond donors (Lipinski definition) is 9. The Balaban J connectivity index is 0.000000264. The van der Waals surface area contributed by atoms with Gasteiger partial charge in [-0.2, -0.15) is 18.6 Å². The van der Waals surface area contributed by atoms with Gasteiger partial charge in [-0.1, -0.05) is 36.4 Å². The average molecular weight is 993 g/mol. The number of nitro benzene ring substituents is 2. The molecule has 2 aromatic heterocycles. The van der Waals surface area contributed by atoms with Crippen LogP contribution >= 0.6 is 23.5 Å². The van der Waals surface area contributed by atoms with Crippen LogP contribution < -0.4 is 22.0 Å². The Morgan fingerprint density at radius 2 is 1.15 bits per heavy atom. The summed E-state index contributed by atoms with van der Waals surface area (Å²) in [5.74, 6) is 0.351. The molecule has 2 aromatic carbocycles. The smallest absolute Gasteiger partial charge is 0.394 e. The summed E-state index contributed by atoms with van der Waals surface area (Å²) in [5.41, 5.74) is -0.738. The van der Waals surface area contributed by atoms with Gasteiger partial charge in [0.2, 0.25) is 0 Å². The van der Waals surface area contributed by atoms with Gasteiger partial charge in [-0.05, 0) is 26.0 Å². The molecule has 10 atom stereocenters. The number of nitro groups is 2. The number of rotatable bonds is 18. The lowest BCUT2D eigenvalue weighted by Gasteiger charge is -2.19. The standard InChI is InChI=1S/C17H23N4O15P3.C17H20N4O6/c1-10(11-4-2-3-5-12(11)21(24)25)18-15-6-7-20(17(23)19-15)16-8-13(22)14(34-16)9-33-38(29,30)36-39(31,32)35-37(26,27)28;1-10(11-4-2-3-5-12(11)21(25)26)18-15-6-7-20(17(24)19-15)16-8-13(23)14(9-22)27-16/h2-7,10,13-14,16,22H,8-9H2,1H3,(H,29,30)(H,31,32)(H,18,19,23)(H2,26,27,28);2-7,10,13-14,16,22-23H,8-9H2,1H3,(H,18,19,24)/t2*10?,13-,14-,16-/m11/s1. The molecule has 2 aliphatic heterocycles. The molecule has 2 fully saturated rings. The Bertz CT molecular complexity index is 2650. The minimum Gasteiger partial charge on any atom is -0.394 e. The molecule has 360 valence electrons. The summed E-state index contributed by atoms with van der Waals surface area (Å²) in [4.78, 5) is 89.9. The second-order valence-corrected chi connectivity index (χ2v) is 18.7. The summed E-state index contributed by atoms with van der Waals surface area (Å²) < 4.78 is 58.7. The first-order valence-corrected chi connectivity index (χ1v) is 23.6. The quantitative estimate of drug-likeness (QED) is 0.0392. The van der Waals surface area contributed by atoms with E-state index < -0.39 is 100 Å². The third-order valence-corrected chi connectivity index (χ3v) is 13.4. The fourth-order valence-corrected chi connectivity index (χ4v) is 9.65. The highest BCUT2D eigenvalue weighted by Crippen LogP contribution is 2.66. The molecular weight excluding hydrogens is 949 g/mol. The van der Waals surface area contributed by atoms with Crippen LogP contribution in [0.3, 0.4) is 0 Å². The van der Waals surface area contributed by atoms with Crippen molar-refractivity contribution in [2.24, 2.45) is 0 Å². The zero-order chi connectivity index (χ0) is 48.7. The van der Waals surface area contributed by atoms with Crippen molar-refractivity contribution in [3.63, 3.8) is 0 Å². The van der Waals surface area contributed by atoms with Gasteiger partial charge in [0, 0.05) is 37.4 Å². The number of aromatic nitrogens is 4. The molecule has 0 aliphatic carbocycles. The predicted octanol–water partition coefficient (Wildman–Crippen LogP) is 2.28. The zero-order valence-corrected chi connectivity index (χ0v) is 36.9. The summed E-state index contributed by atoms with van der Waals surface area (Å²) in [6.07, 6.45) is -3.41. The number of nitrogens with zero attached hydrogens (tertiary/aromatic N) is 6. The van der Waals surface area contributed by atoms with Crippen molar-refractivity contribution in [1.82, 2.24) is 19.1 Å². The highest BCUT2D eigenvalue weighted by Gasteiger charge is 2.43. The summed E-state index contributed by atoms with van der Waals surface area (Å²) in [7, 11) is -16.7. The van der Waals surface area contributed by atoms with Gasteiger partial charge in [0.1, 0.15) is 36.3 Å². The van der Waals surface area contributed by atoms with E-state index in [4.69, 9.17) is 24.4 Å².